The average Bonchev–Trinajstić information content (AvgIpc) is 2.66. The summed E-state index contributed by atoms with van der Waals surface area (Å²) in [5.74, 6) is 0.447. The molecule has 0 aromatic carbocycles. The van der Waals surface area contributed by atoms with Gasteiger partial charge in [-0.3, -0.25) is 9.69 Å². The van der Waals surface area contributed by atoms with E-state index in [1.54, 1.807) is 0 Å². The van der Waals surface area contributed by atoms with Gasteiger partial charge in [0, 0.05) is 19.0 Å². The van der Waals surface area contributed by atoms with Crippen LogP contribution in [-0.2, 0) is 4.79 Å². The Balaban J connectivity index is 1.99. The van der Waals surface area contributed by atoms with Crippen LogP contribution < -0.4 is 0 Å². The van der Waals surface area contributed by atoms with Gasteiger partial charge < -0.3 is 0 Å². The second kappa shape index (κ2) is 2.45. The third-order valence-corrected chi connectivity index (χ3v) is 2.65. The molecule has 0 radical (unpaired) electrons. The van der Waals surface area contributed by atoms with Crippen molar-refractivity contribution in [1.82, 2.24) is 4.90 Å². The van der Waals surface area contributed by atoms with Crippen LogP contribution in [0.5, 0.6) is 0 Å². The number of ketones is 1. The molecule has 1 saturated carbocycles. The minimum atomic E-state index is 0.279. The van der Waals surface area contributed by atoms with Gasteiger partial charge in [-0.05, 0) is 12.8 Å². The molecule has 2 rings (SSSR count). The summed E-state index contributed by atoms with van der Waals surface area (Å²) in [7, 11) is 0. The molecule has 2 aliphatic rings. The Kier molecular flexibility index (Phi) is 1.57. The van der Waals surface area contributed by atoms with Gasteiger partial charge >= 0.3 is 0 Å². The Hall–Kier alpha value is -0.630. The molecule has 1 heterocycles. The molecular weight excluding hydrogens is 138 g/mol. The van der Waals surface area contributed by atoms with E-state index in [4.69, 9.17) is 0 Å². The first kappa shape index (κ1) is 7.04. The molecular formula is C9H13NO. The van der Waals surface area contributed by atoms with Crippen LogP contribution in [0, 0.1) is 0 Å². The van der Waals surface area contributed by atoms with Crippen molar-refractivity contribution >= 4 is 5.78 Å². The molecule has 2 fully saturated rings. The van der Waals surface area contributed by atoms with Crippen molar-refractivity contribution in [2.75, 3.05) is 6.54 Å². The normalized spacial score (nSPS) is 41.5. The van der Waals surface area contributed by atoms with Crippen molar-refractivity contribution in [1.29, 1.82) is 0 Å². The van der Waals surface area contributed by atoms with Crippen LogP contribution in [0.15, 0.2) is 12.7 Å². The van der Waals surface area contributed by atoms with E-state index < -0.39 is 0 Å². The zero-order valence-corrected chi connectivity index (χ0v) is 6.62. The van der Waals surface area contributed by atoms with Crippen LogP contribution in [0.25, 0.3) is 0 Å². The molecule has 60 valence electrons. The number of carbonyl (C=O) groups is 1. The van der Waals surface area contributed by atoms with E-state index in [-0.39, 0.29) is 6.04 Å². The Labute approximate surface area is 66.9 Å². The largest absolute Gasteiger partial charge is 0.298 e. The first-order chi connectivity index (χ1) is 5.34. The molecule has 0 spiro atoms. The molecule has 3 atom stereocenters. The molecule has 11 heavy (non-hydrogen) atoms. The van der Waals surface area contributed by atoms with Crippen LogP contribution in [0.4, 0.5) is 0 Å². The Morgan fingerprint density at radius 3 is 3.18 bits per heavy atom. The van der Waals surface area contributed by atoms with Crippen molar-refractivity contribution in [2.24, 2.45) is 0 Å². The van der Waals surface area contributed by atoms with E-state index in [1.165, 1.54) is 6.42 Å². The topological polar surface area (TPSA) is 20.1 Å². The lowest BCUT2D eigenvalue weighted by atomic mass is 10.00. The van der Waals surface area contributed by atoms with E-state index in [9.17, 15) is 4.79 Å². The van der Waals surface area contributed by atoms with Crippen molar-refractivity contribution in [3.8, 4) is 0 Å². The first-order valence-electron chi connectivity index (χ1n) is 4.24. The molecule has 0 N–H and O–H groups in total. The van der Waals surface area contributed by atoms with Gasteiger partial charge in [-0.2, -0.15) is 0 Å². The molecule has 2 heteroatoms. The van der Waals surface area contributed by atoms with E-state index in [2.05, 4.69) is 11.5 Å². The second-order valence-electron chi connectivity index (χ2n) is 3.36. The second-order valence-corrected chi connectivity index (χ2v) is 3.36. The number of hydrogen-bond donors (Lipinski definition) is 0. The summed E-state index contributed by atoms with van der Waals surface area (Å²) in [5.41, 5.74) is 0. The molecule has 2 nitrogen and oxygen atoms in total. The van der Waals surface area contributed by atoms with Gasteiger partial charge in [0.15, 0.2) is 5.78 Å². The van der Waals surface area contributed by atoms with Gasteiger partial charge in [0.05, 0.1) is 6.04 Å². The highest BCUT2D eigenvalue weighted by molar-refractivity contribution is 5.88. The standard InChI is InChI=1S/C9H13NO/c1-2-6-10-7-4-3-5-8(11)9(7)10/h2,7,9H,1,3-6H2. The van der Waals surface area contributed by atoms with Gasteiger partial charge in [0.1, 0.15) is 0 Å². The SMILES string of the molecule is C=CCN1C2CCCC(=O)C21. The Bertz CT molecular complexity index is 200. The summed E-state index contributed by atoms with van der Waals surface area (Å²) in [6, 6.07) is 0.857. The Morgan fingerprint density at radius 1 is 1.73 bits per heavy atom. The maximum Gasteiger partial charge on any atom is 0.151 e. The van der Waals surface area contributed by atoms with Gasteiger partial charge in [0.25, 0.3) is 0 Å². The maximum atomic E-state index is 11.2. The summed E-state index contributed by atoms with van der Waals surface area (Å²) < 4.78 is 0. The highest BCUT2D eigenvalue weighted by Crippen LogP contribution is 2.37. The number of nitrogens with zero attached hydrogens (tertiary/aromatic N) is 1. The van der Waals surface area contributed by atoms with E-state index in [0.29, 0.717) is 11.8 Å². The number of rotatable bonds is 2. The first-order valence-corrected chi connectivity index (χ1v) is 4.24. The summed E-state index contributed by atoms with van der Waals surface area (Å²) in [6.07, 6.45) is 4.98. The van der Waals surface area contributed by atoms with Gasteiger partial charge in [0.2, 0.25) is 0 Å². The smallest absolute Gasteiger partial charge is 0.151 e. The van der Waals surface area contributed by atoms with Crippen LogP contribution in [-0.4, -0.2) is 29.3 Å². The highest BCUT2D eigenvalue weighted by atomic mass is 16.1. The van der Waals surface area contributed by atoms with E-state index in [1.807, 2.05) is 6.08 Å². The quantitative estimate of drug-likeness (QED) is 0.433. The van der Waals surface area contributed by atoms with Crippen molar-refractivity contribution in [3.05, 3.63) is 12.7 Å². The maximum absolute atomic E-state index is 11.2. The predicted octanol–water partition coefficient (Wildman–Crippen LogP) is 0.978. The summed E-state index contributed by atoms with van der Waals surface area (Å²) in [4.78, 5) is 13.5. The summed E-state index contributed by atoms with van der Waals surface area (Å²) >= 11 is 0. The molecule has 1 saturated heterocycles. The van der Waals surface area contributed by atoms with E-state index in [0.717, 1.165) is 19.4 Å². The number of Topliss-reactive ketones (excluding diaryl/α,β-unsaturated/α-hetero) is 1. The van der Waals surface area contributed by atoms with E-state index >= 15 is 0 Å². The highest BCUT2D eigenvalue weighted by Gasteiger charge is 2.52. The van der Waals surface area contributed by atoms with Crippen molar-refractivity contribution < 1.29 is 4.79 Å². The van der Waals surface area contributed by atoms with Crippen LogP contribution in [0.3, 0.4) is 0 Å². The lowest BCUT2D eigenvalue weighted by Crippen LogP contribution is -2.15. The third-order valence-electron chi connectivity index (χ3n) is 2.65. The van der Waals surface area contributed by atoms with Crippen LogP contribution in [0.2, 0.25) is 0 Å². The Morgan fingerprint density at radius 2 is 2.55 bits per heavy atom. The molecule has 1 aliphatic carbocycles. The van der Waals surface area contributed by atoms with Crippen molar-refractivity contribution in [2.45, 2.75) is 31.3 Å². The number of carbonyl (C=O) groups excluding carboxylic acids is 1. The zero-order chi connectivity index (χ0) is 7.84. The molecule has 3 unspecified atom stereocenters. The predicted molar refractivity (Wildman–Crippen MR) is 43.3 cm³/mol. The van der Waals surface area contributed by atoms with Gasteiger partial charge in [-0.1, -0.05) is 6.08 Å². The lowest BCUT2D eigenvalue weighted by molar-refractivity contribution is -0.119. The molecule has 0 aromatic rings. The number of hydrogen-bond acceptors (Lipinski definition) is 2. The zero-order valence-electron chi connectivity index (χ0n) is 6.62. The minimum Gasteiger partial charge on any atom is -0.298 e. The molecule has 0 amide bonds. The van der Waals surface area contributed by atoms with Crippen molar-refractivity contribution in [3.63, 3.8) is 0 Å². The van der Waals surface area contributed by atoms with Crippen LogP contribution in [0.1, 0.15) is 19.3 Å². The third kappa shape index (κ3) is 1.02. The van der Waals surface area contributed by atoms with Crippen LogP contribution >= 0.6 is 0 Å². The summed E-state index contributed by atoms with van der Waals surface area (Å²) in [6.45, 7) is 4.56. The molecule has 1 aliphatic heterocycles. The fourth-order valence-corrected chi connectivity index (χ4v) is 2.09. The average molecular weight is 151 g/mol. The molecule has 0 aromatic heterocycles. The fourth-order valence-electron chi connectivity index (χ4n) is 2.09. The van der Waals surface area contributed by atoms with Gasteiger partial charge in [-0.15, -0.1) is 6.58 Å². The summed E-state index contributed by atoms with van der Waals surface area (Å²) in [5, 5.41) is 0. The monoisotopic (exact) mass is 151 g/mol. The number of fused-ring (bicyclic) bond motifs is 1. The molecule has 0 bridgehead atoms. The lowest BCUT2D eigenvalue weighted by Gasteiger charge is -2.02. The minimum absolute atomic E-state index is 0.279. The fraction of sp³-hybridized carbons (Fsp3) is 0.667. The van der Waals surface area contributed by atoms with Gasteiger partial charge in [-0.25, -0.2) is 0 Å². The number of likely N-dealkylation sites (tertiary alicyclic amines) is 1.